The SMILES string of the molecule is OC1COCc2[nH]ncc21. The zero-order valence-corrected chi connectivity index (χ0v) is 5.37. The fourth-order valence-electron chi connectivity index (χ4n) is 1.09. The van der Waals surface area contributed by atoms with Crippen LogP contribution in [0.4, 0.5) is 0 Å². The highest BCUT2D eigenvalue weighted by Gasteiger charge is 2.19. The normalized spacial score (nSPS) is 24.3. The Morgan fingerprint density at radius 1 is 1.80 bits per heavy atom. The molecule has 1 unspecified atom stereocenters. The maximum Gasteiger partial charge on any atom is 0.106 e. The smallest absolute Gasteiger partial charge is 0.106 e. The van der Waals surface area contributed by atoms with Crippen molar-refractivity contribution in [1.29, 1.82) is 0 Å². The van der Waals surface area contributed by atoms with Gasteiger partial charge in [0.1, 0.15) is 6.10 Å². The number of nitrogens with zero attached hydrogens (tertiary/aromatic N) is 1. The average Bonchev–Trinajstić information content (AvgIpc) is 2.36. The minimum atomic E-state index is -0.498. The highest BCUT2D eigenvalue weighted by atomic mass is 16.5. The van der Waals surface area contributed by atoms with Gasteiger partial charge in [-0.25, -0.2) is 0 Å². The van der Waals surface area contributed by atoms with Gasteiger partial charge < -0.3 is 9.84 Å². The molecule has 0 saturated carbocycles. The minimum absolute atomic E-state index is 0.381. The van der Waals surface area contributed by atoms with Gasteiger partial charge in [-0.3, -0.25) is 5.10 Å². The molecule has 2 heterocycles. The van der Waals surface area contributed by atoms with Crippen molar-refractivity contribution in [2.75, 3.05) is 6.61 Å². The van der Waals surface area contributed by atoms with E-state index in [-0.39, 0.29) is 0 Å². The minimum Gasteiger partial charge on any atom is -0.386 e. The summed E-state index contributed by atoms with van der Waals surface area (Å²) in [6.45, 7) is 0.916. The molecule has 2 rings (SSSR count). The Labute approximate surface area is 57.8 Å². The predicted molar refractivity (Wildman–Crippen MR) is 33.2 cm³/mol. The number of aromatic amines is 1. The summed E-state index contributed by atoms with van der Waals surface area (Å²) < 4.78 is 5.05. The Hall–Kier alpha value is -0.870. The first-order chi connectivity index (χ1) is 4.88. The molecule has 2 N–H and O–H groups in total. The van der Waals surface area contributed by atoms with Crippen molar-refractivity contribution >= 4 is 0 Å². The third kappa shape index (κ3) is 0.732. The van der Waals surface area contributed by atoms with E-state index in [1.54, 1.807) is 6.20 Å². The lowest BCUT2D eigenvalue weighted by molar-refractivity contribution is 0.00864. The van der Waals surface area contributed by atoms with Crippen LogP contribution in [0.15, 0.2) is 6.20 Å². The highest BCUT2D eigenvalue weighted by molar-refractivity contribution is 5.19. The van der Waals surface area contributed by atoms with E-state index in [1.165, 1.54) is 0 Å². The van der Waals surface area contributed by atoms with Crippen molar-refractivity contribution in [3.63, 3.8) is 0 Å². The number of aromatic nitrogens is 2. The summed E-state index contributed by atoms with van der Waals surface area (Å²) in [5.74, 6) is 0. The topological polar surface area (TPSA) is 58.1 Å². The van der Waals surface area contributed by atoms with Crippen molar-refractivity contribution < 1.29 is 9.84 Å². The molecule has 0 radical (unpaired) electrons. The van der Waals surface area contributed by atoms with Crippen LogP contribution in [0, 0.1) is 0 Å². The molecule has 1 aliphatic rings. The molecule has 0 aromatic carbocycles. The first kappa shape index (κ1) is 5.88. The fraction of sp³-hybridized carbons (Fsp3) is 0.500. The van der Waals surface area contributed by atoms with Crippen molar-refractivity contribution in [3.05, 3.63) is 17.5 Å². The Bertz CT molecular complexity index is 233. The van der Waals surface area contributed by atoms with E-state index >= 15 is 0 Å². The Morgan fingerprint density at radius 2 is 2.70 bits per heavy atom. The van der Waals surface area contributed by atoms with Gasteiger partial charge in [-0.2, -0.15) is 5.10 Å². The molecule has 1 aromatic heterocycles. The molecule has 1 aromatic rings. The van der Waals surface area contributed by atoms with Crippen LogP contribution in [0.1, 0.15) is 17.4 Å². The van der Waals surface area contributed by atoms with Crippen LogP contribution in [0.2, 0.25) is 0 Å². The maximum atomic E-state index is 9.27. The van der Waals surface area contributed by atoms with Gasteiger partial charge in [-0.05, 0) is 0 Å². The molecule has 4 heteroatoms. The monoisotopic (exact) mass is 140 g/mol. The summed E-state index contributed by atoms with van der Waals surface area (Å²) >= 11 is 0. The van der Waals surface area contributed by atoms with Crippen LogP contribution >= 0.6 is 0 Å². The van der Waals surface area contributed by atoms with Crippen LogP contribution in [-0.2, 0) is 11.3 Å². The zero-order chi connectivity index (χ0) is 6.97. The molecule has 1 atom stereocenters. The molecule has 0 fully saturated rings. The number of aliphatic hydroxyl groups excluding tert-OH is 1. The van der Waals surface area contributed by atoms with Crippen LogP contribution in [0.25, 0.3) is 0 Å². The van der Waals surface area contributed by atoms with Gasteiger partial charge >= 0.3 is 0 Å². The lowest BCUT2D eigenvalue weighted by Crippen LogP contribution is -2.14. The molecule has 4 nitrogen and oxygen atoms in total. The molecule has 1 aliphatic heterocycles. The van der Waals surface area contributed by atoms with Crippen LogP contribution in [-0.4, -0.2) is 21.9 Å². The molecule has 0 spiro atoms. The predicted octanol–water partition coefficient (Wildman–Crippen LogP) is -0.0267. The van der Waals surface area contributed by atoms with Crippen molar-refractivity contribution in [2.45, 2.75) is 12.7 Å². The lowest BCUT2D eigenvalue weighted by atomic mass is 10.1. The molecule has 0 saturated heterocycles. The first-order valence-corrected chi connectivity index (χ1v) is 3.16. The Kier molecular flexibility index (Phi) is 1.22. The van der Waals surface area contributed by atoms with Crippen LogP contribution in [0.5, 0.6) is 0 Å². The quantitative estimate of drug-likeness (QED) is 0.532. The average molecular weight is 140 g/mol. The second-order valence-electron chi connectivity index (χ2n) is 2.33. The lowest BCUT2D eigenvalue weighted by Gasteiger charge is -2.16. The summed E-state index contributed by atoms with van der Waals surface area (Å²) in [5, 5.41) is 15.8. The van der Waals surface area contributed by atoms with Crippen molar-refractivity contribution in [2.24, 2.45) is 0 Å². The number of aliphatic hydroxyl groups is 1. The van der Waals surface area contributed by atoms with E-state index in [9.17, 15) is 5.11 Å². The summed E-state index contributed by atoms with van der Waals surface area (Å²) in [4.78, 5) is 0. The largest absolute Gasteiger partial charge is 0.386 e. The molecular formula is C6H8N2O2. The van der Waals surface area contributed by atoms with Gasteiger partial charge in [-0.15, -0.1) is 0 Å². The summed E-state index contributed by atoms with van der Waals surface area (Å²) in [5.41, 5.74) is 1.75. The second kappa shape index (κ2) is 2.07. The van der Waals surface area contributed by atoms with Gasteiger partial charge in [0.2, 0.25) is 0 Å². The number of hydrogen-bond acceptors (Lipinski definition) is 3. The van der Waals surface area contributed by atoms with E-state index in [1.807, 2.05) is 0 Å². The summed E-state index contributed by atoms with van der Waals surface area (Å²) in [6.07, 6.45) is 1.14. The maximum absolute atomic E-state index is 9.27. The van der Waals surface area contributed by atoms with Gasteiger partial charge in [0.05, 0.1) is 25.1 Å². The standard InChI is InChI=1S/C6H8N2O2/c9-6-3-10-2-5-4(6)1-7-8-5/h1,6,9H,2-3H2,(H,7,8). The van der Waals surface area contributed by atoms with E-state index < -0.39 is 6.10 Å². The summed E-state index contributed by atoms with van der Waals surface area (Å²) in [6, 6.07) is 0. The molecule has 0 aliphatic carbocycles. The van der Waals surface area contributed by atoms with E-state index in [2.05, 4.69) is 10.2 Å². The Balaban J connectivity index is 2.41. The van der Waals surface area contributed by atoms with Crippen LogP contribution < -0.4 is 0 Å². The number of hydrogen-bond donors (Lipinski definition) is 2. The van der Waals surface area contributed by atoms with Gasteiger partial charge in [-0.1, -0.05) is 0 Å². The van der Waals surface area contributed by atoms with Gasteiger partial charge in [0.15, 0.2) is 0 Å². The second-order valence-corrected chi connectivity index (χ2v) is 2.33. The van der Waals surface area contributed by atoms with E-state index in [0.29, 0.717) is 13.2 Å². The Morgan fingerprint density at radius 3 is 3.50 bits per heavy atom. The molecule has 10 heavy (non-hydrogen) atoms. The van der Waals surface area contributed by atoms with E-state index in [0.717, 1.165) is 11.3 Å². The molecule has 0 amide bonds. The van der Waals surface area contributed by atoms with Crippen molar-refractivity contribution in [1.82, 2.24) is 10.2 Å². The van der Waals surface area contributed by atoms with E-state index in [4.69, 9.17) is 4.74 Å². The van der Waals surface area contributed by atoms with Gasteiger partial charge in [0, 0.05) is 5.56 Å². The number of ether oxygens (including phenoxy) is 1. The highest BCUT2D eigenvalue weighted by Crippen LogP contribution is 2.21. The molecule has 0 bridgehead atoms. The third-order valence-electron chi connectivity index (χ3n) is 1.63. The molecule has 54 valence electrons. The number of H-pyrrole nitrogens is 1. The summed E-state index contributed by atoms with van der Waals surface area (Å²) in [7, 11) is 0. The first-order valence-electron chi connectivity index (χ1n) is 3.16. The molecular weight excluding hydrogens is 132 g/mol. The zero-order valence-electron chi connectivity index (χ0n) is 5.37. The fourth-order valence-corrected chi connectivity index (χ4v) is 1.09. The van der Waals surface area contributed by atoms with Crippen LogP contribution in [0.3, 0.4) is 0 Å². The number of rotatable bonds is 0. The third-order valence-corrected chi connectivity index (χ3v) is 1.63. The number of nitrogens with one attached hydrogen (secondary N) is 1. The van der Waals surface area contributed by atoms with Crippen molar-refractivity contribution in [3.8, 4) is 0 Å². The number of fused-ring (bicyclic) bond motifs is 1. The van der Waals surface area contributed by atoms with Gasteiger partial charge in [0.25, 0.3) is 0 Å².